The smallest absolute Gasteiger partial charge is 0.387 e. The van der Waals surface area contributed by atoms with Crippen LogP contribution in [0, 0.1) is 0 Å². The van der Waals surface area contributed by atoms with Crippen molar-refractivity contribution < 1.29 is 13.2 Å². The Morgan fingerprint density at radius 1 is 1.08 bits per heavy atom. The van der Waals surface area contributed by atoms with Gasteiger partial charge in [-0.1, -0.05) is 12.1 Å². The molecule has 2 N–H and O–H groups in total. The Labute approximate surface area is 135 Å². The van der Waals surface area contributed by atoms with Gasteiger partial charge in [0.25, 0.3) is 0 Å². The summed E-state index contributed by atoms with van der Waals surface area (Å²) >= 11 is 0. The first kappa shape index (κ1) is 15.9. The van der Waals surface area contributed by atoms with Crippen LogP contribution in [0.2, 0.25) is 0 Å². The fourth-order valence-corrected chi connectivity index (χ4v) is 2.24. The van der Waals surface area contributed by atoms with E-state index in [1.807, 2.05) is 0 Å². The van der Waals surface area contributed by atoms with Crippen molar-refractivity contribution in [3.8, 4) is 11.4 Å². The quantitative estimate of drug-likeness (QED) is 0.562. The van der Waals surface area contributed by atoms with E-state index < -0.39 is 11.7 Å². The molecule has 0 spiro atoms. The van der Waals surface area contributed by atoms with Crippen LogP contribution in [0.1, 0.15) is 12.5 Å². The van der Waals surface area contributed by atoms with Gasteiger partial charge in [-0.15, -0.1) is 0 Å². The molecule has 24 heavy (non-hydrogen) atoms. The van der Waals surface area contributed by atoms with Gasteiger partial charge in [-0.3, -0.25) is 0 Å². The molecule has 3 aromatic rings. The average molecular weight is 330 g/mol. The summed E-state index contributed by atoms with van der Waals surface area (Å²) in [6.07, 6.45) is -2.75. The molecule has 0 saturated heterocycles. The monoisotopic (exact) mass is 330 g/mol. The molecule has 0 bridgehead atoms. The summed E-state index contributed by atoms with van der Waals surface area (Å²) in [4.78, 5) is 12.8. The number of hydrogen-bond acceptors (Lipinski definition) is 3. The standard InChI is InChI=1S/C17H13F3N4/c1-10(21)23-14-6-7-15-12(8-14)9-22-16(24-15)11-2-4-13(5-3-11)17(18,19)20/h2-9H,1H3,(H2,21,23). The highest BCUT2D eigenvalue weighted by molar-refractivity contribution is 5.85. The molecule has 1 aromatic heterocycles. The highest BCUT2D eigenvalue weighted by atomic mass is 19.4. The van der Waals surface area contributed by atoms with E-state index in [0.717, 1.165) is 17.5 Å². The number of hydrogen-bond donors (Lipinski definition) is 1. The van der Waals surface area contributed by atoms with Gasteiger partial charge in [0.05, 0.1) is 22.6 Å². The molecule has 2 aromatic carbocycles. The van der Waals surface area contributed by atoms with Crippen molar-refractivity contribution in [2.45, 2.75) is 13.1 Å². The molecule has 0 aliphatic carbocycles. The molecule has 7 heteroatoms. The summed E-state index contributed by atoms with van der Waals surface area (Å²) in [5, 5.41) is 0.771. The van der Waals surface area contributed by atoms with Gasteiger partial charge in [-0.25, -0.2) is 15.0 Å². The lowest BCUT2D eigenvalue weighted by atomic mass is 10.1. The van der Waals surface area contributed by atoms with Crippen LogP contribution in [0.15, 0.2) is 53.7 Å². The maximum atomic E-state index is 12.6. The topological polar surface area (TPSA) is 64.2 Å². The van der Waals surface area contributed by atoms with Crippen molar-refractivity contribution >= 4 is 22.4 Å². The van der Waals surface area contributed by atoms with Gasteiger partial charge in [0.15, 0.2) is 5.82 Å². The third-order valence-electron chi connectivity index (χ3n) is 3.34. The Morgan fingerprint density at radius 2 is 1.79 bits per heavy atom. The second-order valence-electron chi connectivity index (χ2n) is 5.27. The van der Waals surface area contributed by atoms with Crippen LogP contribution >= 0.6 is 0 Å². The molecule has 0 amide bonds. The molecular formula is C17H13F3N4. The van der Waals surface area contributed by atoms with E-state index in [2.05, 4.69) is 15.0 Å². The third-order valence-corrected chi connectivity index (χ3v) is 3.34. The van der Waals surface area contributed by atoms with Crippen LogP contribution in [0.4, 0.5) is 18.9 Å². The summed E-state index contributed by atoms with van der Waals surface area (Å²) in [7, 11) is 0. The minimum Gasteiger partial charge on any atom is -0.387 e. The molecule has 0 saturated carbocycles. The Balaban J connectivity index is 1.97. The van der Waals surface area contributed by atoms with Crippen molar-refractivity contribution in [1.29, 1.82) is 0 Å². The molecular weight excluding hydrogens is 317 g/mol. The van der Waals surface area contributed by atoms with Crippen LogP contribution in [0.5, 0.6) is 0 Å². The minimum atomic E-state index is -4.36. The predicted molar refractivity (Wildman–Crippen MR) is 86.9 cm³/mol. The van der Waals surface area contributed by atoms with Crippen molar-refractivity contribution in [2.75, 3.05) is 0 Å². The number of fused-ring (bicyclic) bond motifs is 1. The lowest BCUT2D eigenvalue weighted by molar-refractivity contribution is -0.137. The van der Waals surface area contributed by atoms with Crippen molar-refractivity contribution in [3.63, 3.8) is 0 Å². The number of benzene rings is 2. The van der Waals surface area contributed by atoms with E-state index in [4.69, 9.17) is 5.73 Å². The zero-order valence-electron chi connectivity index (χ0n) is 12.7. The molecule has 0 aliphatic rings. The molecule has 3 rings (SSSR count). The van der Waals surface area contributed by atoms with Crippen molar-refractivity contribution in [3.05, 3.63) is 54.2 Å². The molecule has 0 unspecified atom stereocenters. The zero-order valence-corrected chi connectivity index (χ0v) is 12.7. The zero-order chi connectivity index (χ0) is 17.3. The van der Waals surface area contributed by atoms with Crippen LogP contribution in [-0.2, 0) is 6.18 Å². The van der Waals surface area contributed by atoms with Crippen LogP contribution in [0.3, 0.4) is 0 Å². The highest BCUT2D eigenvalue weighted by Crippen LogP contribution is 2.30. The fourth-order valence-electron chi connectivity index (χ4n) is 2.24. The van der Waals surface area contributed by atoms with E-state index >= 15 is 0 Å². The first-order valence-electron chi connectivity index (χ1n) is 7.08. The van der Waals surface area contributed by atoms with E-state index in [1.54, 1.807) is 31.3 Å². The molecule has 0 atom stereocenters. The lowest BCUT2D eigenvalue weighted by Gasteiger charge is -2.07. The number of halogens is 3. The van der Waals surface area contributed by atoms with Gasteiger partial charge in [0.2, 0.25) is 0 Å². The number of amidine groups is 1. The Morgan fingerprint density at radius 3 is 2.42 bits per heavy atom. The Bertz CT molecular complexity index is 911. The van der Waals surface area contributed by atoms with Crippen molar-refractivity contribution in [2.24, 2.45) is 10.7 Å². The van der Waals surface area contributed by atoms with Gasteiger partial charge in [-0.2, -0.15) is 13.2 Å². The average Bonchev–Trinajstić information content (AvgIpc) is 2.53. The first-order valence-corrected chi connectivity index (χ1v) is 7.08. The van der Waals surface area contributed by atoms with Gasteiger partial charge in [-0.05, 0) is 37.3 Å². The summed E-state index contributed by atoms with van der Waals surface area (Å²) in [5.74, 6) is 0.805. The summed E-state index contributed by atoms with van der Waals surface area (Å²) in [5.41, 5.74) is 6.73. The van der Waals surface area contributed by atoms with Gasteiger partial charge in [0.1, 0.15) is 0 Å². The SMILES string of the molecule is CC(N)=Nc1ccc2nc(-c3ccc(C(F)(F)F)cc3)ncc2c1. The second-order valence-corrected chi connectivity index (χ2v) is 5.27. The third kappa shape index (κ3) is 3.34. The number of nitrogens with two attached hydrogens (primary N) is 1. The maximum Gasteiger partial charge on any atom is 0.416 e. The summed E-state index contributed by atoms with van der Waals surface area (Å²) in [6.45, 7) is 1.69. The number of rotatable bonds is 2. The van der Waals surface area contributed by atoms with Gasteiger partial charge in [0, 0.05) is 17.1 Å². The van der Waals surface area contributed by atoms with E-state index in [9.17, 15) is 13.2 Å². The van der Waals surface area contributed by atoms with Crippen molar-refractivity contribution in [1.82, 2.24) is 9.97 Å². The van der Waals surface area contributed by atoms with Gasteiger partial charge >= 0.3 is 6.18 Å². The summed E-state index contributed by atoms with van der Waals surface area (Å²) < 4.78 is 37.8. The molecule has 0 radical (unpaired) electrons. The minimum absolute atomic E-state index is 0.363. The Kier molecular flexibility index (Phi) is 3.92. The molecule has 0 fully saturated rings. The molecule has 4 nitrogen and oxygen atoms in total. The predicted octanol–water partition coefficient (Wildman–Crippen LogP) is 4.32. The number of alkyl halides is 3. The molecule has 122 valence electrons. The van der Waals surface area contributed by atoms with E-state index in [1.165, 1.54) is 12.1 Å². The Hall–Kier alpha value is -2.96. The fraction of sp³-hybridized carbons (Fsp3) is 0.118. The van der Waals surface area contributed by atoms with Crippen LogP contribution < -0.4 is 5.73 Å². The second kappa shape index (κ2) is 5.92. The number of aromatic nitrogens is 2. The number of aliphatic imine (C=N–C) groups is 1. The van der Waals surface area contributed by atoms with Crippen LogP contribution in [0.25, 0.3) is 22.3 Å². The van der Waals surface area contributed by atoms with E-state index in [0.29, 0.717) is 28.4 Å². The number of nitrogens with zero attached hydrogens (tertiary/aromatic N) is 3. The normalized spacial score (nSPS) is 12.6. The molecule has 1 heterocycles. The van der Waals surface area contributed by atoms with Crippen LogP contribution in [-0.4, -0.2) is 15.8 Å². The lowest BCUT2D eigenvalue weighted by Crippen LogP contribution is -2.04. The first-order chi connectivity index (χ1) is 11.3. The maximum absolute atomic E-state index is 12.6. The van der Waals surface area contributed by atoms with Gasteiger partial charge < -0.3 is 5.73 Å². The largest absolute Gasteiger partial charge is 0.416 e. The summed E-state index contributed by atoms with van der Waals surface area (Å²) in [6, 6.07) is 10.1. The highest BCUT2D eigenvalue weighted by Gasteiger charge is 2.30. The molecule has 0 aliphatic heterocycles. The van der Waals surface area contributed by atoms with E-state index in [-0.39, 0.29) is 0 Å².